The van der Waals surface area contributed by atoms with E-state index >= 15 is 0 Å². The Morgan fingerprint density at radius 2 is 1.93 bits per heavy atom. The van der Waals surface area contributed by atoms with Crippen molar-refractivity contribution in [2.24, 2.45) is 0 Å². The number of alkyl carbamates (subject to hydrolysis) is 1. The number of nitrogens with zero attached hydrogens (tertiary/aromatic N) is 1. The molecule has 8 heteroatoms. The maximum Gasteiger partial charge on any atom is 0.408 e. The van der Waals surface area contributed by atoms with E-state index in [9.17, 15) is 19.5 Å². The summed E-state index contributed by atoms with van der Waals surface area (Å²) >= 11 is 0. The summed E-state index contributed by atoms with van der Waals surface area (Å²) in [6, 6.07) is 5.41. The van der Waals surface area contributed by atoms with Gasteiger partial charge in [0.25, 0.3) is 0 Å². The van der Waals surface area contributed by atoms with Gasteiger partial charge in [0.1, 0.15) is 23.9 Å². The van der Waals surface area contributed by atoms with E-state index in [-0.39, 0.29) is 30.2 Å². The van der Waals surface area contributed by atoms with Crippen molar-refractivity contribution in [2.45, 2.75) is 71.1 Å². The monoisotopic (exact) mass is 419 g/mol. The summed E-state index contributed by atoms with van der Waals surface area (Å²) in [6.45, 7) is 7.48. The second-order valence-electron chi connectivity index (χ2n) is 8.53. The molecule has 0 aliphatic heterocycles. The van der Waals surface area contributed by atoms with Crippen LogP contribution in [0.3, 0.4) is 0 Å². The fourth-order valence-corrected chi connectivity index (χ4v) is 3.08. The Hall–Kier alpha value is -2.77. The number of rotatable bonds is 9. The molecule has 1 unspecified atom stereocenters. The fourth-order valence-electron chi connectivity index (χ4n) is 3.08. The summed E-state index contributed by atoms with van der Waals surface area (Å²) in [4.78, 5) is 39.5. The van der Waals surface area contributed by atoms with Gasteiger partial charge in [0.2, 0.25) is 11.8 Å². The van der Waals surface area contributed by atoms with Crippen molar-refractivity contribution in [2.75, 3.05) is 13.1 Å². The Labute approximate surface area is 178 Å². The lowest BCUT2D eigenvalue weighted by molar-refractivity contribution is -0.140. The molecule has 1 atom stereocenters. The molecule has 8 nitrogen and oxygen atoms in total. The van der Waals surface area contributed by atoms with Crippen LogP contribution in [-0.2, 0) is 14.3 Å². The van der Waals surface area contributed by atoms with Gasteiger partial charge in [-0.1, -0.05) is 25.5 Å². The molecule has 1 aromatic rings. The van der Waals surface area contributed by atoms with Gasteiger partial charge in [-0.15, -0.1) is 0 Å². The lowest BCUT2D eigenvalue weighted by Gasteiger charge is -2.32. The van der Waals surface area contributed by atoms with Gasteiger partial charge >= 0.3 is 6.09 Å². The van der Waals surface area contributed by atoms with E-state index in [0.29, 0.717) is 12.1 Å². The number of aromatic hydroxyl groups is 1. The highest BCUT2D eigenvalue weighted by atomic mass is 16.6. The maximum atomic E-state index is 13.0. The lowest BCUT2D eigenvalue weighted by Crippen LogP contribution is -2.49. The minimum Gasteiger partial charge on any atom is -0.508 e. The van der Waals surface area contributed by atoms with Crippen molar-refractivity contribution < 1.29 is 24.2 Å². The number of hydrogen-bond donors (Lipinski definition) is 3. The average Bonchev–Trinajstić information content (AvgIpc) is 3.47. The van der Waals surface area contributed by atoms with Crippen LogP contribution in [0.2, 0.25) is 0 Å². The van der Waals surface area contributed by atoms with Crippen LogP contribution < -0.4 is 10.6 Å². The molecule has 1 aromatic carbocycles. The molecule has 1 aliphatic carbocycles. The van der Waals surface area contributed by atoms with E-state index in [4.69, 9.17) is 4.74 Å². The third-order valence-electron chi connectivity index (χ3n) is 4.55. The molecule has 0 spiro atoms. The SMILES string of the molecule is CCCCNC(=O)C(c1cccc(O)c1)N(C(=O)CNC(=O)OC(C)(C)C)C1CC1. The molecule has 1 saturated carbocycles. The number of ether oxygens (including phenoxy) is 1. The van der Waals surface area contributed by atoms with E-state index in [1.807, 2.05) is 6.92 Å². The van der Waals surface area contributed by atoms with Crippen LogP contribution in [0, 0.1) is 0 Å². The number of amides is 3. The number of hydrogen-bond acceptors (Lipinski definition) is 5. The van der Waals surface area contributed by atoms with Gasteiger partial charge in [0.05, 0.1) is 0 Å². The topological polar surface area (TPSA) is 108 Å². The third-order valence-corrected chi connectivity index (χ3v) is 4.55. The first-order valence-corrected chi connectivity index (χ1v) is 10.5. The first-order valence-electron chi connectivity index (χ1n) is 10.5. The Morgan fingerprint density at radius 1 is 1.23 bits per heavy atom. The van der Waals surface area contributed by atoms with Crippen LogP contribution in [0.1, 0.15) is 65.0 Å². The van der Waals surface area contributed by atoms with E-state index in [0.717, 1.165) is 25.7 Å². The van der Waals surface area contributed by atoms with Gasteiger partial charge in [-0.3, -0.25) is 9.59 Å². The van der Waals surface area contributed by atoms with Gasteiger partial charge < -0.3 is 25.4 Å². The van der Waals surface area contributed by atoms with E-state index < -0.39 is 17.7 Å². The molecule has 1 fully saturated rings. The number of carbonyl (C=O) groups is 3. The zero-order valence-electron chi connectivity index (χ0n) is 18.2. The molecular formula is C22H33N3O5. The quantitative estimate of drug-likeness (QED) is 0.534. The second kappa shape index (κ2) is 10.3. The molecule has 2 rings (SSSR count). The lowest BCUT2D eigenvalue weighted by atomic mass is 10.0. The summed E-state index contributed by atoms with van der Waals surface area (Å²) < 4.78 is 5.18. The van der Waals surface area contributed by atoms with Gasteiger partial charge in [-0.25, -0.2) is 4.79 Å². The molecule has 166 valence electrons. The maximum absolute atomic E-state index is 13.0. The molecular weight excluding hydrogens is 386 g/mol. The van der Waals surface area contributed by atoms with E-state index in [1.54, 1.807) is 32.9 Å². The molecule has 3 amide bonds. The van der Waals surface area contributed by atoms with Crippen LogP contribution in [0.25, 0.3) is 0 Å². The van der Waals surface area contributed by atoms with Gasteiger partial charge in [0, 0.05) is 12.6 Å². The molecule has 1 aliphatic rings. The first-order chi connectivity index (χ1) is 14.1. The Morgan fingerprint density at radius 3 is 2.50 bits per heavy atom. The minimum atomic E-state index is -0.880. The Bertz CT molecular complexity index is 755. The van der Waals surface area contributed by atoms with Crippen LogP contribution in [0.4, 0.5) is 4.79 Å². The first kappa shape index (κ1) is 23.5. The van der Waals surface area contributed by atoms with E-state index in [2.05, 4.69) is 10.6 Å². The molecule has 0 radical (unpaired) electrons. The van der Waals surface area contributed by atoms with Crippen LogP contribution in [0.5, 0.6) is 5.75 Å². The standard InChI is InChI=1S/C22H33N3O5/c1-5-6-12-23-20(28)19(15-8-7-9-17(26)13-15)25(16-10-11-16)18(27)14-24-21(29)30-22(2,3)4/h7-9,13,16,19,26H,5-6,10-12,14H2,1-4H3,(H,23,28)(H,24,29). The zero-order chi connectivity index (χ0) is 22.3. The number of benzene rings is 1. The van der Waals surface area contributed by atoms with Gasteiger partial charge in [-0.2, -0.15) is 0 Å². The zero-order valence-corrected chi connectivity index (χ0v) is 18.2. The molecule has 30 heavy (non-hydrogen) atoms. The molecule has 0 bridgehead atoms. The largest absolute Gasteiger partial charge is 0.508 e. The highest BCUT2D eigenvalue weighted by Crippen LogP contribution is 2.35. The number of nitrogens with one attached hydrogen (secondary N) is 2. The fraction of sp³-hybridized carbons (Fsp3) is 0.591. The highest BCUT2D eigenvalue weighted by molar-refractivity contribution is 5.91. The van der Waals surface area contributed by atoms with Crippen molar-refractivity contribution in [3.63, 3.8) is 0 Å². The van der Waals surface area contributed by atoms with Crippen molar-refractivity contribution in [1.29, 1.82) is 0 Å². The highest BCUT2D eigenvalue weighted by Gasteiger charge is 2.41. The number of phenolic OH excluding ortho intramolecular Hbond substituents is 1. The number of unbranched alkanes of at least 4 members (excludes halogenated alkanes) is 1. The smallest absolute Gasteiger partial charge is 0.408 e. The Kier molecular flexibility index (Phi) is 8.08. The Balaban J connectivity index is 2.20. The normalized spacial score (nSPS) is 14.5. The van der Waals surface area contributed by atoms with E-state index in [1.165, 1.54) is 17.0 Å². The molecule has 0 heterocycles. The summed E-state index contributed by atoms with van der Waals surface area (Å²) in [7, 11) is 0. The molecule has 0 aromatic heterocycles. The second-order valence-corrected chi connectivity index (χ2v) is 8.53. The summed E-state index contributed by atoms with van der Waals surface area (Å²) in [5.74, 6) is -0.650. The summed E-state index contributed by atoms with van der Waals surface area (Å²) in [6.07, 6.45) is 2.65. The average molecular weight is 420 g/mol. The minimum absolute atomic E-state index is 0.0222. The van der Waals surface area contributed by atoms with Crippen molar-refractivity contribution in [3.8, 4) is 5.75 Å². The van der Waals surface area contributed by atoms with Crippen molar-refractivity contribution in [3.05, 3.63) is 29.8 Å². The predicted molar refractivity (Wildman–Crippen MR) is 113 cm³/mol. The molecule has 0 saturated heterocycles. The van der Waals surface area contributed by atoms with Crippen LogP contribution in [-0.4, -0.2) is 52.6 Å². The summed E-state index contributed by atoms with van der Waals surface area (Å²) in [5, 5.41) is 15.3. The van der Waals surface area contributed by atoms with Crippen molar-refractivity contribution >= 4 is 17.9 Å². The van der Waals surface area contributed by atoms with Crippen LogP contribution >= 0.6 is 0 Å². The van der Waals surface area contributed by atoms with Crippen LogP contribution in [0.15, 0.2) is 24.3 Å². The van der Waals surface area contributed by atoms with Crippen molar-refractivity contribution in [1.82, 2.24) is 15.5 Å². The number of phenols is 1. The van der Waals surface area contributed by atoms with Gasteiger partial charge in [-0.05, 0) is 57.7 Å². The molecule has 3 N–H and O–H groups in total. The predicted octanol–water partition coefficient (Wildman–Crippen LogP) is 2.87. The summed E-state index contributed by atoms with van der Waals surface area (Å²) in [5.41, 5.74) is -0.145. The van der Waals surface area contributed by atoms with Gasteiger partial charge in [0.15, 0.2) is 0 Å². The third kappa shape index (κ3) is 7.24. The number of carbonyl (C=O) groups excluding carboxylic acids is 3.